The van der Waals surface area contributed by atoms with E-state index in [1.54, 1.807) is 13.0 Å². The molecular weight excluding hydrogens is 312 g/mol. The summed E-state index contributed by atoms with van der Waals surface area (Å²) in [5.74, 6) is -0.0135. The van der Waals surface area contributed by atoms with Gasteiger partial charge in [0.2, 0.25) is 5.82 Å². The van der Waals surface area contributed by atoms with Gasteiger partial charge in [0.15, 0.2) is 0 Å². The second-order valence-corrected chi connectivity index (χ2v) is 6.25. The average Bonchev–Trinajstić information content (AvgIpc) is 2.45. The van der Waals surface area contributed by atoms with Gasteiger partial charge in [-0.25, -0.2) is 19.6 Å². The molecule has 0 bridgehead atoms. The van der Waals surface area contributed by atoms with Crippen molar-refractivity contribution in [3.05, 3.63) is 18.1 Å². The minimum atomic E-state index is -0.555. The molecule has 1 aromatic heterocycles. The van der Waals surface area contributed by atoms with Gasteiger partial charge in [0, 0.05) is 18.8 Å². The topological polar surface area (TPSA) is 102 Å². The first-order chi connectivity index (χ1) is 11.2. The maximum atomic E-state index is 11.7. The summed E-state index contributed by atoms with van der Waals surface area (Å²) < 4.78 is 10.1. The number of amides is 1. The molecule has 2 N–H and O–H groups in total. The van der Waals surface area contributed by atoms with Crippen LogP contribution in [0.15, 0.2) is 12.3 Å². The standard InChI is InChI=1S/C16H26N4O4/c1-6-23-14(21)13-18-10-8-12(20-13)17-9-7-11(2)19-15(22)24-16(3,4)5/h8,10-11H,6-7,9H2,1-5H3,(H,19,22)(H,17,18,20)/t11-/m0/s1. The fraction of sp³-hybridized carbons (Fsp3) is 0.625. The third kappa shape index (κ3) is 7.75. The summed E-state index contributed by atoms with van der Waals surface area (Å²) in [5.41, 5.74) is -0.521. The molecule has 0 aliphatic rings. The summed E-state index contributed by atoms with van der Waals surface area (Å²) in [4.78, 5) is 31.2. The van der Waals surface area contributed by atoms with Crippen molar-refractivity contribution in [1.29, 1.82) is 0 Å². The number of carbonyl (C=O) groups excluding carboxylic acids is 2. The highest BCUT2D eigenvalue weighted by Crippen LogP contribution is 2.07. The van der Waals surface area contributed by atoms with Crippen LogP contribution in [0.3, 0.4) is 0 Å². The van der Waals surface area contributed by atoms with Gasteiger partial charge in [-0.1, -0.05) is 0 Å². The first kappa shape index (κ1) is 19.7. The number of anilines is 1. The number of hydrogen-bond donors (Lipinski definition) is 2. The normalized spacial score (nSPS) is 12.2. The van der Waals surface area contributed by atoms with Gasteiger partial charge in [-0.2, -0.15) is 0 Å². The third-order valence-corrected chi connectivity index (χ3v) is 2.76. The van der Waals surface area contributed by atoms with Gasteiger partial charge in [-0.3, -0.25) is 0 Å². The first-order valence-electron chi connectivity index (χ1n) is 7.95. The van der Waals surface area contributed by atoms with Gasteiger partial charge in [-0.15, -0.1) is 0 Å². The van der Waals surface area contributed by atoms with E-state index in [-0.39, 0.29) is 18.5 Å². The van der Waals surface area contributed by atoms with Gasteiger partial charge >= 0.3 is 12.1 Å². The highest BCUT2D eigenvalue weighted by Gasteiger charge is 2.17. The van der Waals surface area contributed by atoms with Crippen molar-refractivity contribution < 1.29 is 19.1 Å². The van der Waals surface area contributed by atoms with E-state index in [0.717, 1.165) is 0 Å². The Labute approximate surface area is 142 Å². The molecule has 1 atom stereocenters. The van der Waals surface area contributed by atoms with Crippen LogP contribution in [0.1, 0.15) is 51.7 Å². The van der Waals surface area contributed by atoms with Crippen LogP contribution in [0.2, 0.25) is 0 Å². The Morgan fingerprint density at radius 3 is 2.67 bits per heavy atom. The monoisotopic (exact) mass is 338 g/mol. The molecule has 0 saturated carbocycles. The van der Waals surface area contributed by atoms with Crippen LogP contribution >= 0.6 is 0 Å². The molecule has 0 aromatic carbocycles. The molecular formula is C16H26N4O4. The van der Waals surface area contributed by atoms with Crippen LogP contribution in [0.5, 0.6) is 0 Å². The molecule has 1 heterocycles. The Balaban J connectivity index is 2.40. The molecule has 0 spiro atoms. The summed E-state index contributed by atoms with van der Waals surface area (Å²) in [6.07, 6.45) is 1.71. The number of rotatable bonds is 7. The van der Waals surface area contributed by atoms with E-state index in [0.29, 0.717) is 18.8 Å². The molecule has 0 unspecified atom stereocenters. The number of hydrogen-bond acceptors (Lipinski definition) is 7. The van der Waals surface area contributed by atoms with Crippen LogP contribution in [0.4, 0.5) is 10.6 Å². The highest BCUT2D eigenvalue weighted by atomic mass is 16.6. The number of nitrogens with zero attached hydrogens (tertiary/aromatic N) is 2. The lowest BCUT2D eigenvalue weighted by Crippen LogP contribution is -2.38. The molecule has 1 amide bonds. The molecule has 0 radical (unpaired) electrons. The van der Waals surface area contributed by atoms with Crippen molar-refractivity contribution in [1.82, 2.24) is 15.3 Å². The minimum absolute atomic E-state index is 0.0155. The summed E-state index contributed by atoms with van der Waals surface area (Å²) in [5, 5.41) is 5.84. The van der Waals surface area contributed by atoms with Crippen molar-refractivity contribution in [3.63, 3.8) is 0 Å². The Morgan fingerprint density at radius 2 is 2.04 bits per heavy atom. The van der Waals surface area contributed by atoms with E-state index in [9.17, 15) is 9.59 Å². The maximum Gasteiger partial charge on any atom is 0.407 e. The maximum absolute atomic E-state index is 11.7. The Bertz CT molecular complexity index is 557. The quantitative estimate of drug-likeness (QED) is 0.736. The number of alkyl carbamates (subject to hydrolysis) is 1. The molecule has 134 valence electrons. The van der Waals surface area contributed by atoms with Crippen LogP contribution in [0.25, 0.3) is 0 Å². The van der Waals surface area contributed by atoms with E-state index >= 15 is 0 Å². The van der Waals surface area contributed by atoms with E-state index in [1.165, 1.54) is 6.20 Å². The number of esters is 1. The molecule has 0 aliphatic heterocycles. The van der Waals surface area contributed by atoms with Gasteiger partial charge in [-0.05, 0) is 47.1 Å². The van der Waals surface area contributed by atoms with Crippen molar-refractivity contribution in [2.24, 2.45) is 0 Å². The van der Waals surface area contributed by atoms with E-state index in [2.05, 4.69) is 20.6 Å². The Morgan fingerprint density at radius 1 is 1.33 bits per heavy atom. The van der Waals surface area contributed by atoms with Gasteiger partial charge in [0.05, 0.1) is 6.61 Å². The summed E-state index contributed by atoms with van der Waals surface area (Å²) in [7, 11) is 0. The fourth-order valence-electron chi connectivity index (χ4n) is 1.75. The zero-order chi connectivity index (χ0) is 18.2. The van der Waals surface area contributed by atoms with Crippen LogP contribution in [-0.4, -0.2) is 46.8 Å². The number of nitrogens with one attached hydrogen (secondary N) is 2. The lowest BCUT2D eigenvalue weighted by molar-refractivity contribution is 0.0498. The minimum Gasteiger partial charge on any atom is -0.460 e. The smallest absolute Gasteiger partial charge is 0.407 e. The number of aromatic nitrogens is 2. The molecule has 1 aromatic rings. The van der Waals surface area contributed by atoms with Crippen LogP contribution < -0.4 is 10.6 Å². The number of carbonyl (C=O) groups is 2. The number of ether oxygens (including phenoxy) is 2. The summed E-state index contributed by atoms with van der Waals surface area (Å²) in [6, 6.07) is 1.59. The predicted octanol–water partition coefficient (Wildman–Crippen LogP) is 2.37. The molecule has 1 rings (SSSR count). The van der Waals surface area contributed by atoms with Gasteiger partial charge in [0.25, 0.3) is 0 Å². The van der Waals surface area contributed by atoms with Crippen LogP contribution in [-0.2, 0) is 9.47 Å². The first-order valence-corrected chi connectivity index (χ1v) is 7.95. The lowest BCUT2D eigenvalue weighted by Gasteiger charge is -2.22. The van der Waals surface area contributed by atoms with E-state index < -0.39 is 17.7 Å². The predicted molar refractivity (Wildman–Crippen MR) is 89.9 cm³/mol. The molecule has 8 nitrogen and oxygen atoms in total. The second-order valence-electron chi connectivity index (χ2n) is 6.25. The largest absolute Gasteiger partial charge is 0.460 e. The summed E-state index contributed by atoms with van der Waals surface area (Å²) >= 11 is 0. The van der Waals surface area contributed by atoms with Crippen LogP contribution in [0, 0.1) is 0 Å². The van der Waals surface area contributed by atoms with Crippen molar-refractivity contribution in [2.45, 2.75) is 52.7 Å². The van der Waals surface area contributed by atoms with E-state index in [4.69, 9.17) is 9.47 Å². The highest BCUT2D eigenvalue weighted by molar-refractivity contribution is 5.85. The van der Waals surface area contributed by atoms with Gasteiger partial charge in [0.1, 0.15) is 11.4 Å². The fourth-order valence-corrected chi connectivity index (χ4v) is 1.75. The third-order valence-electron chi connectivity index (χ3n) is 2.76. The Hall–Kier alpha value is -2.38. The molecule has 8 heteroatoms. The molecule has 24 heavy (non-hydrogen) atoms. The van der Waals surface area contributed by atoms with E-state index in [1.807, 2.05) is 27.7 Å². The Kier molecular flexibility index (Phi) is 7.41. The lowest BCUT2D eigenvalue weighted by atomic mass is 10.2. The SMILES string of the molecule is CCOC(=O)c1nccc(NCC[C@H](C)NC(=O)OC(C)(C)C)n1. The van der Waals surface area contributed by atoms with Crippen molar-refractivity contribution in [2.75, 3.05) is 18.5 Å². The molecule has 0 saturated heterocycles. The van der Waals surface area contributed by atoms with Crippen molar-refractivity contribution in [3.8, 4) is 0 Å². The van der Waals surface area contributed by atoms with Crippen molar-refractivity contribution >= 4 is 17.9 Å². The summed E-state index contributed by atoms with van der Waals surface area (Å²) in [6.45, 7) is 9.89. The zero-order valence-corrected chi connectivity index (χ0v) is 14.9. The average molecular weight is 338 g/mol. The molecule has 0 aliphatic carbocycles. The van der Waals surface area contributed by atoms with Gasteiger partial charge < -0.3 is 20.1 Å². The molecule has 0 fully saturated rings. The zero-order valence-electron chi connectivity index (χ0n) is 14.9. The second kappa shape index (κ2) is 9.05.